The summed E-state index contributed by atoms with van der Waals surface area (Å²) in [5, 5.41) is 14.7. The second kappa shape index (κ2) is 6.72. The summed E-state index contributed by atoms with van der Waals surface area (Å²) in [6.45, 7) is 8.32. The molecule has 0 atom stereocenters. The van der Waals surface area contributed by atoms with Gasteiger partial charge < -0.3 is 14.9 Å². The largest absolute Gasteiger partial charge is 0.389 e. The van der Waals surface area contributed by atoms with Crippen LogP contribution >= 0.6 is 11.6 Å². The Morgan fingerprint density at radius 1 is 1.22 bits per heavy atom. The number of hydrogen-bond donors (Lipinski definition) is 1. The summed E-state index contributed by atoms with van der Waals surface area (Å²) < 4.78 is 1.70. The average Bonchev–Trinajstić information content (AvgIpc) is 2.99. The Morgan fingerprint density at radius 3 is 2.59 bits per heavy atom. The number of likely N-dealkylation sites (tertiary alicyclic amines) is 1. The average molecular weight is 391 g/mol. The normalized spacial score (nSPS) is 20.1. The summed E-state index contributed by atoms with van der Waals surface area (Å²) in [5.41, 5.74) is 0.406. The van der Waals surface area contributed by atoms with Gasteiger partial charge in [0.1, 0.15) is 11.0 Å². The van der Waals surface area contributed by atoms with E-state index in [4.69, 9.17) is 16.6 Å². The fourth-order valence-corrected chi connectivity index (χ4v) is 4.17. The van der Waals surface area contributed by atoms with Crippen molar-refractivity contribution in [2.24, 2.45) is 5.41 Å². The quantitative estimate of drug-likeness (QED) is 0.808. The van der Waals surface area contributed by atoms with E-state index in [9.17, 15) is 5.11 Å². The molecule has 146 valence electrons. The SMILES string of the molecule is CN1CCC2(CC1)CN(c1cc(Cl)nc(-c3cnn(CC(C)(C)O)c3)n1)C2. The van der Waals surface area contributed by atoms with E-state index in [0.717, 1.165) is 24.5 Å². The number of aromatic nitrogens is 4. The summed E-state index contributed by atoms with van der Waals surface area (Å²) in [4.78, 5) is 13.8. The lowest BCUT2D eigenvalue weighted by atomic mass is 9.72. The molecule has 2 aromatic heterocycles. The summed E-state index contributed by atoms with van der Waals surface area (Å²) in [7, 11) is 2.19. The highest BCUT2D eigenvalue weighted by Crippen LogP contribution is 2.42. The summed E-state index contributed by atoms with van der Waals surface area (Å²) >= 11 is 6.28. The van der Waals surface area contributed by atoms with Crippen LogP contribution in [0.2, 0.25) is 5.15 Å². The molecule has 7 nitrogen and oxygen atoms in total. The van der Waals surface area contributed by atoms with Gasteiger partial charge in [-0.15, -0.1) is 0 Å². The molecule has 0 bridgehead atoms. The number of nitrogens with zero attached hydrogens (tertiary/aromatic N) is 6. The van der Waals surface area contributed by atoms with E-state index in [0.29, 0.717) is 22.9 Å². The highest BCUT2D eigenvalue weighted by molar-refractivity contribution is 6.29. The first-order valence-electron chi connectivity index (χ1n) is 9.45. The van der Waals surface area contributed by atoms with E-state index in [-0.39, 0.29) is 0 Å². The molecule has 0 aromatic carbocycles. The summed E-state index contributed by atoms with van der Waals surface area (Å²) in [6, 6.07) is 1.84. The molecule has 8 heteroatoms. The van der Waals surface area contributed by atoms with Crippen LogP contribution in [0.15, 0.2) is 18.5 Å². The second-order valence-electron chi connectivity index (χ2n) is 8.77. The highest BCUT2D eigenvalue weighted by Gasteiger charge is 2.45. The molecule has 2 saturated heterocycles. The van der Waals surface area contributed by atoms with Gasteiger partial charge in [0.2, 0.25) is 0 Å². The van der Waals surface area contributed by atoms with Gasteiger partial charge in [0.25, 0.3) is 0 Å². The Hall–Kier alpha value is -1.70. The van der Waals surface area contributed by atoms with E-state index < -0.39 is 5.60 Å². The van der Waals surface area contributed by atoms with Gasteiger partial charge in [-0.2, -0.15) is 5.10 Å². The third-order valence-electron chi connectivity index (χ3n) is 5.55. The zero-order valence-electron chi connectivity index (χ0n) is 16.2. The van der Waals surface area contributed by atoms with Gasteiger partial charge in [-0.25, -0.2) is 9.97 Å². The van der Waals surface area contributed by atoms with Gasteiger partial charge in [0.15, 0.2) is 5.82 Å². The van der Waals surface area contributed by atoms with Crippen molar-refractivity contribution in [2.75, 3.05) is 38.1 Å². The van der Waals surface area contributed by atoms with Crippen LogP contribution in [0.1, 0.15) is 26.7 Å². The van der Waals surface area contributed by atoms with Crippen LogP contribution in [0.3, 0.4) is 0 Å². The number of piperidine rings is 1. The zero-order valence-corrected chi connectivity index (χ0v) is 16.9. The van der Waals surface area contributed by atoms with E-state index in [1.807, 2.05) is 12.3 Å². The molecule has 2 fully saturated rings. The number of halogens is 1. The molecule has 0 radical (unpaired) electrons. The standard InChI is InChI=1S/C19H27ClN6O/c1-18(2,27)11-26-10-14(9-21-26)17-22-15(20)8-16(23-17)25-12-19(13-25)4-6-24(3)7-5-19/h8-10,27H,4-7,11-13H2,1-3H3. The number of aliphatic hydroxyl groups is 1. The number of anilines is 1. The maximum atomic E-state index is 9.97. The molecule has 4 rings (SSSR count). The first kappa shape index (κ1) is 18.7. The van der Waals surface area contributed by atoms with Gasteiger partial charge in [0, 0.05) is 30.8 Å². The Kier molecular flexibility index (Phi) is 4.64. The maximum absolute atomic E-state index is 9.97. The Balaban J connectivity index is 1.50. The lowest BCUT2D eigenvalue weighted by Gasteiger charge is -2.54. The molecule has 27 heavy (non-hydrogen) atoms. The van der Waals surface area contributed by atoms with Gasteiger partial charge in [-0.05, 0) is 46.8 Å². The van der Waals surface area contributed by atoms with Crippen molar-refractivity contribution in [3.05, 3.63) is 23.6 Å². The van der Waals surface area contributed by atoms with Crippen molar-refractivity contribution >= 4 is 17.4 Å². The van der Waals surface area contributed by atoms with Crippen LogP contribution in [0.4, 0.5) is 5.82 Å². The zero-order chi connectivity index (χ0) is 19.2. The van der Waals surface area contributed by atoms with Crippen LogP contribution < -0.4 is 4.90 Å². The van der Waals surface area contributed by atoms with Crippen molar-refractivity contribution in [1.82, 2.24) is 24.6 Å². The fraction of sp³-hybridized carbons (Fsp3) is 0.632. The monoisotopic (exact) mass is 390 g/mol. The molecule has 0 saturated carbocycles. The molecule has 1 spiro atoms. The van der Waals surface area contributed by atoms with Crippen molar-refractivity contribution in [2.45, 2.75) is 38.8 Å². The van der Waals surface area contributed by atoms with Gasteiger partial charge in [-0.1, -0.05) is 11.6 Å². The molecule has 0 amide bonds. The molecular weight excluding hydrogens is 364 g/mol. The fourth-order valence-electron chi connectivity index (χ4n) is 3.99. The minimum atomic E-state index is -0.830. The van der Waals surface area contributed by atoms with Gasteiger partial charge >= 0.3 is 0 Å². The van der Waals surface area contributed by atoms with Crippen molar-refractivity contribution in [3.8, 4) is 11.4 Å². The summed E-state index contributed by atoms with van der Waals surface area (Å²) in [6.07, 6.45) is 6.06. The van der Waals surface area contributed by atoms with Crippen LogP contribution in [0.25, 0.3) is 11.4 Å². The molecule has 0 aliphatic carbocycles. The Bertz CT molecular complexity index is 814. The van der Waals surface area contributed by atoms with Crippen molar-refractivity contribution < 1.29 is 5.11 Å². The van der Waals surface area contributed by atoms with E-state index in [1.54, 1.807) is 24.7 Å². The minimum Gasteiger partial charge on any atom is -0.389 e. The molecule has 4 heterocycles. The van der Waals surface area contributed by atoms with Crippen LogP contribution in [-0.4, -0.2) is 68.6 Å². The third-order valence-corrected chi connectivity index (χ3v) is 5.74. The van der Waals surface area contributed by atoms with Crippen molar-refractivity contribution in [1.29, 1.82) is 0 Å². The lowest BCUT2D eigenvalue weighted by Crippen LogP contribution is -2.60. The predicted octanol–water partition coefficient (Wildman–Crippen LogP) is 2.30. The first-order valence-corrected chi connectivity index (χ1v) is 9.83. The first-order chi connectivity index (χ1) is 12.7. The molecule has 0 unspecified atom stereocenters. The lowest BCUT2D eigenvalue weighted by molar-refractivity contribution is 0.0577. The number of rotatable bonds is 4. The van der Waals surface area contributed by atoms with Gasteiger partial charge in [0.05, 0.1) is 23.9 Å². The topological polar surface area (TPSA) is 70.3 Å². The molecule has 2 aromatic rings. The van der Waals surface area contributed by atoms with Crippen LogP contribution in [0, 0.1) is 5.41 Å². The second-order valence-corrected chi connectivity index (χ2v) is 9.16. The smallest absolute Gasteiger partial charge is 0.166 e. The van der Waals surface area contributed by atoms with E-state index >= 15 is 0 Å². The van der Waals surface area contributed by atoms with E-state index in [2.05, 4.69) is 26.9 Å². The number of hydrogen-bond acceptors (Lipinski definition) is 6. The van der Waals surface area contributed by atoms with Crippen LogP contribution in [0.5, 0.6) is 0 Å². The summed E-state index contributed by atoms with van der Waals surface area (Å²) in [5.74, 6) is 1.45. The van der Waals surface area contributed by atoms with Crippen molar-refractivity contribution in [3.63, 3.8) is 0 Å². The highest BCUT2D eigenvalue weighted by atomic mass is 35.5. The molecule has 2 aliphatic heterocycles. The third kappa shape index (κ3) is 4.10. The molecule has 1 N–H and O–H groups in total. The predicted molar refractivity (Wildman–Crippen MR) is 106 cm³/mol. The molecular formula is C19H27ClN6O. The van der Waals surface area contributed by atoms with Crippen LogP contribution in [-0.2, 0) is 6.54 Å². The Morgan fingerprint density at radius 2 is 1.93 bits per heavy atom. The molecule has 2 aliphatic rings. The van der Waals surface area contributed by atoms with E-state index in [1.165, 1.54) is 25.9 Å². The Labute approximate surface area is 165 Å². The minimum absolute atomic E-state index is 0.406. The maximum Gasteiger partial charge on any atom is 0.166 e. The van der Waals surface area contributed by atoms with Gasteiger partial charge in [-0.3, -0.25) is 4.68 Å².